The predicted octanol–water partition coefficient (Wildman–Crippen LogP) is 4.50. The summed E-state index contributed by atoms with van der Waals surface area (Å²) in [5.74, 6) is -0.190. The lowest BCUT2D eigenvalue weighted by Crippen LogP contribution is -2.49. The summed E-state index contributed by atoms with van der Waals surface area (Å²) < 4.78 is 1.59. The van der Waals surface area contributed by atoms with Crippen molar-refractivity contribution in [2.75, 3.05) is 0 Å². The Balaban J connectivity index is 1.83. The van der Waals surface area contributed by atoms with E-state index in [1.165, 1.54) is 0 Å². The Morgan fingerprint density at radius 1 is 1.14 bits per heavy atom. The summed E-state index contributed by atoms with van der Waals surface area (Å²) in [4.78, 5) is 33.1. The molecule has 2 aromatic heterocycles. The van der Waals surface area contributed by atoms with E-state index in [1.54, 1.807) is 29.0 Å². The quantitative estimate of drug-likeness (QED) is 0.639. The lowest BCUT2D eigenvalue weighted by atomic mass is 9.96. The second-order valence-electron chi connectivity index (χ2n) is 7.83. The van der Waals surface area contributed by atoms with Crippen molar-refractivity contribution in [3.05, 3.63) is 75.2 Å². The van der Waals surface area contributed by atoms with Gasteiger partial charge in [-0.05, 0) is 69.0 Å². The van der Waals surface area contributed by atoms with Gasteiger partial charge in [0.2, 0.25) is 0 Å². The van der Waals surface area contributed by atoms with Crippen LogP contribution in [0.25, 0.3) is 11.0 Å². The normalized spacial score (nSPS) is 19.5. The molecule has 0 bridgehead atoms. The highest BCUT2D eigenvalue weighted by atomic mass is 35.5. The van der Waals surface area contributed by atoms with E-state index in [0.717, 1.165) is 30.2 Å². The number of aromatic nitrogens is 2. The fourth-order valence-corrected chi connectivity index (χ4v) is 4.37. The molecule has 29 heavy (non-hydrogen) atoms. The molecule has 2 atom stereocenters. The molecule has 0 spiro atoms. The number of carbonyl (C=O) groups excluding carboxylic acids is 1. The molecule has 1 amide bonds. The van der Waals surface area contributed by atoms with Gasteiger partial charge in [-0.15, -0.1) is 0 Å². The number of pyridine rings is 2. The molecule has 0 aliphatic carbocycles. The minimum Gasteiger partial charge on any atom is -0.333 e. The molecule has 0 radical (unpaired) electrons. The zero-order chi connectivity index (χ0) is 20.5. The Hall–Kier alpha value is -2.66. The Morgan fingerprint density at radius 3 is 2.52 bits per heavy atom. The minimum atomic E-state index is -0.305. The average Bonchev–Trinajstić information content (AvgIpc) is 2.71. The third kappa shape index (κ3) is 3.79. The summed E-state index contributed by atoms with van der Waals surface area (Å²) in [7, 11) is 0. The van der Waals surface area contributed by atoms with Crippen LogP contribution in [0.2, 0.25) is 5.02 Å². The maximum absolute atomic E-state index is 13.4. The van der Waals surface area contributed by atoms with Crippen molar-refractivity contribution < 1.29 is 4.79 Å². The minimum absolute atomic E-state index is 0.125. The number of carbonyl (C=O) groups is 1. The maximum atomic E-state index is 13.4. The highest BCUT2D eigenvalue weighted by Crippen LogP contribution is 2.25. The second-order valence-corrected chi connectivity index (χ2v) is 8.27. The molecular weight excluding hydrogens is 386 g/mol. The number of hydrogen-bond acceptors (Lipinski definition) is 3. The van der Waals surface area contributed by atoms with E-state index in [-0.39, 0.29) is 29.1 Å². The molecule has 0 unspecified atom stereocenters. The van der Waals surface area contributed by atoms with E-state index in [4.69, 9.17) is 11.6 Å². The molecule has 0 saturated carbocycles. The predicted molar refractivity (Wildman–Crippen MR) is 116 cm³/mol. The van der Waals surface area contributed by atoms with Crippen molar-refractivity contribution in [3.8, 4) is 0 Å². The van der Waals surface area contributed by atoms with Crippen molar-refractivity contribution in [3.63, 3.8) is 0 Å². The van der Waals surface area contributed by atoms with Gasteiger partial charge in [0.05, 0.1) is 6.54 Å². The first-order valence-electron chi connectivity index (χ1n) is 10.0. The standard InChI is InChI=1S/C23H24ClN3O2/c1-15-5-3-6-16(2)27(15)23(29)20-13-18-7-4-12-25-21(18)26(22(20)28)14-17-8-10-19(24)11-9-17/h4,7-13,15-16H,3,5-6,14H2,1-2H3/t15-,16-/m1/s1. The number of amides is 1. The third-order valence-electron chi connectivity index (χ3n) is 5.76. The Bertz CT molecular complexity index is 1100. The van der Waals surface area contributed by atoms with E-state index in [2.05, 4.69) is 18.8 Å². The van der Waals surface area contributed by atoms with Gasteiger partial charge in [-0.1, -0.05) is 23.7 Å². The van der Waals surface area contributed by atoms with Crippen LogP contribution in [0.3, 0.4) is 0 Å². The lowest BCUT2D eigenvalue weighted by molar-refractivity contribution is 0.0508. The van der Waals surface area contributed by atoms with Crippen LogP contribution in [0, 0.1) is 0 Å². The van der Waals surface area contributed by atoms with Crippen LogP contribution in [0.1, 0.15) is 49.0 Å². The first kappa shape index (κ1) is 19.6. The molecule has 3 aromatic rings. The number of halogens is 1. The van der Waals surface area contributed by atoms with Gasteiger partial charge < -0.3 is 4.90 Å². The molecule has 6 heteroatoms. The number of benzene rings is 1. The first-order valence-corrected chi connectivity index (χ1v) is 10.4. The molecule has 1 aromatic carbocycles. The third-order valence-corrected chi connectivity index (χ3v) is 6.01. The van der Waals surface area contributed by atoms with Gasteiger partial charge in [-0.25, -0.2) is 4.98 Å². The SMILES string of the molecule is C[C@@H]1CCC[C@@H](C)N1C(=O)c1cc2cccnc2n(Cc2ccc(Cl)cc2)c1=O. The molecular formula is C23H24ClN3O2. The number of likely N-dealkylation sites (tertiary alicyclic amines) is 1. The van der Waals surface area contributed by atoms with Gasteiger partial charge in [-0.2, -0.15) is 0 Å². The van der Waals surface area contributed by atoms with Gasteiger partial charge in [-0.3, -0.25) is 14.2 Å². The highest BCUT2D eigenvalue weighted by molar-refractivity contribution is 6.30. The largest absolute Gasteiger partial charge is 0.333 e. The summed E-state index contributed by atoms with van der Waals surface area (Å²) in [6.07, 6.45) is 4.69. The van der Waals surface area contributed by atoms with Crippen molar-refractivity contribution in [1.29, 1.82) is 0 Å². The van der Waals surface area contributed by atoms with Gasteiger partial charge >= 0.3 is 0 Å². The first-order chi connectivity index (χ1) is 14.0. The monoisotopic (exact) mass is 409 g/mol. The van der Waals surface area contributed by atoms with Crippen LogP contribution in [0.5, 0.6) is 0 Å². The Morgan fingerprint density at radius 2 is 1.83 bits per heavy atom. The van der Waals surface area contributed by atoms with E-state index < -0.39 is 0 Å². The number of nitrogens with zero attached hydrogens (tertiary/aromatic N) is 3. The molecule has 5 nitrogen and oxygen atoms in total. The number of hydrogen-bond donors (Lipinski definition) is 0. The maximum Gasteiger partial charge on any atom is 0.265 e. The molecule has 1 aliphatic heterocycles. The zero-order valence-electron chi connectivity index (χ0n) is 16.6. The van der Waals surface area contributed by atoms with Crippen LogP contribution in [0.15, 0.2) is 53.5 Å². The van der Waals surface area contributed by atoms with E-state index >= 15 is 0 Å². The molecule has 1 fully saturated rings. The van der Waals surface area contributed by atoms with Crippen LogP contribution < -0.4 is 5.56 Å². The molecule has 1 saturated heterocycles. The highest BCUT2D eigenvalue weighted by Gasteiger charge is 2.31. The topological polar surface area (TPSA) is 55.2 Å². The van der Waals surface area contributed by atoms with Gasteiger partial charge in [0.25, 0.3) is 11.5 Å². The Labute approximate surface area is 174 Å². The summed E-state index contributed by atoms with van der Waals surface area (Å²) in [5, 5.41) is 1.42. The van der Waals surface area contributed by atoms with Gasteiger partial charge in [0, 0.05) is 28.7 Å². The lowest BCUT2D eigenvalue weighted by Gasteiger charge is -2.39. The van der Waals surface area contributed by atoms with Crippen molar-refractivity contribution in [2.45, 2.75) is 51.7 Å². The fourth-order valence-electron chi connectivity index (χ4n) is 4.24. The summed E-state index contributed by atoms with van der Waals surface area (Å²) >= 11 is 5.99. The van der Waals surface area contributed by atoms with Crippen LogP contribution in [-0.2, 0) is 6.54 Å². The van der Waals surface area contributed by atoms with Crippen molar-refractivity contribution in [2.24, 2.45) is 0 Å². The van der Waals surface area contributed by atoms with Crippen molar-refractivity contribution >= 4 is 28.5 Å². The molecule has 150 valence electrons. The molecule has 1 aliphatic rings. The number of rotatable bonds is 3. The Kier molecular flexibility index (Phi) is 5.41. The summed E-state index contributed by atoms with van der Waals surface area (Å²) in [6, 6.07) is 13.0. The van der Waals surface area contributed by atoms with Gasteiger partial charge in [0.15, 0.2) is 0 Å². The summed E-state index contributed by atoms with van der Waals surface area (Å²) in [6.45, 7) is 4.44. The molecule has 4 rings (SSSR count). The average molecular weight is 410 g/mol. The number of fused-ring (bicyclic) bond motifs is 1. The number of piperidine rings is 1. The van der Waals surface area contributed by atoms with Crippen LogP contribution in [-0.4, -0.2) is 32.4 Å². The van der Waals surface area contributed by atoms with E-state index in [9.17, 15) is 9.59 Å². The summed E-state index contributed by atoms with van der Waals surface area (Å²) in [5.41, 5.74) is 1.40. The van der Waals surface area contributed by atoms with E-state index in [0.29, 0.717) is 17.2 Å². The molecule has 0 N–H and O–H groups in total. The smallest absolute Gasteiger partial charge is 0.265 e. The molecule has 3 heterocycles. The van der Waals surface area contributed by atoms with Crippen molar-refractivity contribution in [1.82, 2.24) is 14.5 Å². The second kappa shape index (κ2) is 7.99. The van der Waals surface area contributed by atoms with Crippen LogP contribution >= 0.6 is 11.6 Å². The van der Waals surface area contributed by atoms with E-state index in [1.807, 2.05) is 29.2 Å². The fraction of sp³-hybridized carbons (Fsp3) is 0.348. The van der Waals surface area contributed by atoms with Gasteiger partial charge in [0.1, 0.15) is 11.2 Å². The van der Waals surface area contributed by atoms with Crippen LogP contribution in [0.4, 0.5) is 0 Å². The zero-order valence-corrected chi connectivity index (χ0v) is 17.4.